The summed E-state index contributed by atoms with van der Waals surface area (Å²) < 4.78 is 20.4. The Balaban J connectivity index is 1.48. The van der Waals surface area contributed by atoms with Gasteiger partial charge in [-0.1, -0.05) is 42.5 Å². The van der Waals surface area contributed by atoms with Crippen molar-refractivity contribution in [3.63, 3.8) is 0 Å². The highest BCUT2D eigenvalue weighted by atomic mass is 19.1. The van der Waals surface area contributed by atoms with Crippen molar-refractivity contribution < 1.29 is 18.7 Å². The SMILES string of the molecule is COc1ccc([C@@H]2c3c(n(C)c4ccccc34)C(=O)N2CC(=O)NCc2ccc(F)cc2)cc1. The van der Waals surface area contributed by atoms with E-state index in [1.807, 2.05) is 60.1 Å². The fraction of sp³-hybridized carbons (Fsp3) is 0.185. The number of benzene rings is 3. The summed E-state index contributed by atoms with van der Waals surface area (Å²) in [5, 5.41) is 3.83. The van der Waals surface area contributed by atoms with Gasteiger partial charge in [0.2, 0.25) is 5.91 Å². The van der Waals surface area contributed by atoms with E-state index in [0.29, 0.717) is 5.69 Å². The first kappa shape index (κ1) is 21.7. The molecule has 0 aliphatic carbocycles. The highest BCUT2D eigenvalue weighted by Crippen LogP contribution is 2.43. The molecule has 172 valence electrons. The Morgan fingerprint density at radius 3 is 2.44 bits per heavy atom. The zero-order valence-electron chi connectivity index (χ0n) is 18.9. The smallest absolute Gasteiger partial charge is 0.272 e. The summed E-state index contributed by atoms with van der Waals surface area (Å²) in [6.07, 6.45) is 0. The quantitative estimate of drug-likeness (QED) is 0.472. The van der Waals surface area contributed by atoms with Crippen LogP contribution in [-0.2, 0) is 18.4 Å². The van der Waals surface area contributed by atoms with Crippen molar-refractivity contribution in [3.8, 4) is 5.75 Å². The molecule has 0 saturated carbocycles. The number of aryl methyl sites for hydroxylation is 1. The zero-order valence-corrected chi connectivity index (χ0v) is 18.9. The minimum absolute atomic E-state index is 0.0975. The van der Waals surface area contributed by atoms with Crippen LogP contribution >= 0.6 is 0 Å². The zero-order chi connectivity index (χ0) is 23.8. The molecule has 3 aromatic carbocycles. The number of para-hydroxylation sites is 1. The largest absolute Gasteiger partial charge is 0.497 e. The monoisotopic (exact) mass is 457 g/mol. The molecule has 34 heavy (non-hydrogen) atoms. The van der Waals surface area contributed by atoms with Gasteiger partial charge in [-0.2, -0.15) is 0 Å². The van der Waals surface area contributed by atoms with Crippen molar-refractivity contribution in [2.24, 2.45) is 7.05 Å². The van der Waals surface area contributed by atoms with Gasteiger partial charge in [-0.15, -0.1) is 0 Å². The lowest BCUT2D eigenvalue weighted by Crippen LogP contribution is -2.39. The van der Waals surface area contributed by atoms with Crippen LogP contribution in [0.25, 0.3) is 10.9 Å². The maximum atomic E-state index is 13.6. The summed E-state index contributed by atoms with van der Waals surface area (Å²) in [6.45, 7) is 0.157. The van der Waals surface area contributed by atoms with E-state index in [9.17, 15) is 14.0 Å². The van der Waals surface area contributed by atoms with Crippen LogP contribution in [0.5, 0.6) is 5.75 Å². The van der Waals surface area contributed by atoms with Crippen molar-refractivity contribution >= 4 is 22.7 Å². The molecule has 7 heteroatoms. The van der Waals surface area contributed by atoms with E-state index in [4.69, 9.17) is 4.74 Å². The van der Waals surface area contributed by atoms with Crippen LogP contribution in [0.15, 0.2) is 72.8 Å². The normalized spacial score (nSPS) is 15.0. The van der Waals surface area contributed by atoms with E-state index < -0.39 is 6.04 Å². The lowest BCUT2D eigenvalue weighted by molar-refractivity contribution is -0.122. The fourth-order valence-corrected chi connectivity index (χ4v) is 4.68. The molecule has 1 aromatic heterocycles. The van der Waals surface area contributed by atoms with Crippen molar-refractivity contribution in [2.75, 3.05) is 13.7 Å². The molecule has 0 spiro atoms. The van der Waals surface area contributed by atoms with Crippen LogP contribution in [0.3, 0.4) is 0 Å². The van der Waals surface area contributed by atoms with Crippen molar-refractivity contribution in [1.82, 2.24) is 14.8 Å². The molecular formula is C27H24FN3O3. The van der Waals surface area contributed by atoms with Gasteiger partial charge in [0.1, 0.15) is 23.8 Å². The van der Waals surface area contributed by atoms with Crippen LogP contribution in [-0.4, -0.2) is 34.9 Å². The molecule has 1 aliphatic heterocycles. The molecule has 6 nitrogen and oxygen atoms in total. The Hall–Kier alpha value is -4.13. The lowest BCUT2D eigenvalue weighted by Gasteiger charge is -2.26. The Kier molecular flexibility index (Phi) is 5.53. The second-order valence-corrected chi connectivity index (χ2v) is 8.35. The second-order valence-electron chi connectivity index (χ2n) is 8.35. The third-order valence-electron chi connectivity index (χ3n) is 6.34. The number of ether oxygens (including phenoxy) is 1. The number of aromatic nitrogens is 1. The number of halogens is 1. The number of nitrogens with zero attached hydrogens (tertiary/aromatic N) is 2. The molecular weight excluding hydrogens is 433 g/mol. The predicted octanol–water partition coefficient (Wildman–Crippen LogP) is 4.19. The van der Waals surface area contributed by atoms with Crippen LogP contribution in [0.4, 0.5) is 4.39 Å². The highest BCUT2D eigenvalue weighted by Gasteiger charge is 2.42. The standard InChI is InChI=1S/C27H24FN3O3/c1-30-22-6-4-3-5-21(22)24-25(18-9-13-20(34-2)14-10-18)31(27(33)26(24)30)16-23(32)29-15-17-7-11-19(28)12-8-17/h3-14,25H,15-16H2,1-2H3,(H,29,32)/t25-/m1/s1. The molecule has 5 rings (SSSR count). The van der Waals surface area contributed by atoms with Crippen molar-refractivity contribution in [1.29, 1.82) is 0 Å². The van der Waals surface area contributed by atoms with Crippen LogP contribution in [0, 0.1) is 5.82 Å². The summed E-state index contributed by atoms with van der Waals surface area (Å²) in [4.78, 5) is 28.1. The highest BCUT2D eigenvalue weighted by molar-refractivity contribution is 6.07. The molecule has 0 unspecified atom stereocenters. The second kappa shape index (κ2) is 8.67. The number of nitrogens with one attached hydrogen (secondary N) is 1. The van der Waals surface area contributed by atoms with Gasteiger partial charge in [0.25, 0.3) is 5.91 Å². The Bertz CT molecular complexity index is 1380. The maximum Gasteiger partial charge on any atom is 0.272 e. The van der Waals surface area contributed by atoms with Gasteiger partial charge in [-0.25, -0.2) is 4.39 Å². The summed E-state index contributed by atoms with van der Waals surface area (Å²) >= 11 is 0. The first-order valence-electron chi connectivity index (χ1n) is 11.0. The van der Waals surface area contributed by atoms with Crippen molar-refractivity contribution in [2.45, 2.75) is 12.6 Å². The first-order chi connectivity index (χ1) is 16.5. The molecule has 0 radical (unpaired) electrons. The van der Waals surface area contributed by atoms with Crippen LogP contribution in [0.2, 0.25) is 0 Å². The maximum absolute atomic E-state index is 13.6. The molecule has 1 atom stereocenters. The number of carbonyl (C=O) groups excluding carboxylic acids is 2. The summed E-state index contributed by atoms with van der Waals surface area (Å²) in [7, 11) is 3.48. The topological polar surface area (TPSA) is 63.6 Å². The van der Waals surface area contributed by atoms with E-state index >= 15 is 0 Å². The number of rotatable bonds is 6. The molecule has 1 aliphatic rings. The molecule has 2 amide bonds. The number of carbonyl (C=O) groups is 2. The fourth-order valence-electron chi connectivity index (χ4n) is 4.68. The minimum Gasteiger partial charge on any atom is -0.497 e. The first-order valence-corrected chi connectivity index (χ1v) is 11.0. The van der Waals surface area contributed by atoms with E-state index in [1.165, 1.54) is 12.1 Å². The van der Waals surface area contributed by atoms with Gasteiger partial charge in [0.05, 0.1) is 13.2 Å². The Morgan fingerprint density at radius 1 is 1.03 bits per heavy atom. The third kappa shape index (κ3) is 3.69. The van der Waals surface area contributed by atoms with Gasteiger partial charge in [0.15, 0.2) is 0 Å². The van der Waals surface area contributed by atoms with Gasteiger partial charge < -0.3 is 19.5 Å². The summed E-state index contributed by atoms with van der Waals surface area (Å²) in [6, 6.07) is 21.0. The van der Waals surface area contributed by atoms with Gasteiger partial charge in [0, 0.05) is 30.1 Å². The molecule has 1 N–H and O–H groups in total. The van der Waals surface area contributed by atoms with E-state index in [0.717, 1.165) is 33.3 Å². The number of hydrogen-bond acceptors (Lipinski definition) is 3. The van der Waals surface area contributed by atoms with Gasteiger partial charge in [-0.05, 0) is 41.5 Å². The molecule has 0 fully saturated rings. The van der Waals surface area contributed by atoms with Crippen LogP contribution < -0.4 is 10.1 Å². The number of fused-ring (bicyclic) bond motifs is 3. The van der Waals surface area contributed by atoms with E-state index in [-0.39, 0.29) is 30.7 Å². The lowest BCUT2D eigenvalue weighted by atomic mass is 9.98. The molecule has 0 saturated heterocycles. The number of hydrogen-bond donors (Lipinski definition) is 1. The van der Waals surface area contributed by atoms with Gasteiger partial charge >= 0.3 is 0 Å². The van der Waals surface area contributed by atoms with E-state index in [2.05, 4.69) is 5.32 Å². The molecule has 4 aromatic rings. The third-order valence-corrected chi connectivity index (χ3v) is 6.34. The van der Waals surface area contributed by atoms with E-state index in [1.54, 1.807) is 24.1 Å². The molecule has 0 bridgehead atoms. The van der Waals surface area contributed by atoms with Crippen LogP contribution in [0.1, 0.15) is 33.2 Å². The number of methoxy groups -OCH3 is 1. The predicted molar refractivity (Wildman–Crippen MR) is 127 cm³/mol. The minimum atomic E-state index is -0.406. The summed E-state index contributed by atoms with van der Waals surface area (Å²) in [5.41, 5.74) is 4.15. The molecule has 2 heterocycles. The van der Waals surface area contributed by atoms with Gasteiger partial charge in [-0.3, -0.25) is 9.59 Å². The average Bonchev–Trinajstić information content (AvgIpc) is 3.31. The number of amides is 2. The Morgan fingerprint density at radius 2 is 1.74 bits per heavy atom. The Labute approximate surface area is 196 Å². The van der Waals surface area contributed by atoms with Crippen molar-refractivity contribution in [3.05, 3.63) is 101 Å². The summed E-state index contributed by atoms with van der Waals surface area (Å²) in [5.74, 6) is -0.0837. The average molecular weight is 458 g/mol.